The number of nitrogens with zero attached hydrogens (tertiary/aromatic N) is 4. The van der Waals surface area contributed by atoms with Crippen LogP contribution in [0.5, 0.6) is 5.75 Å². The molecule has 2 fully saturated rings. The van der Waals surface area contributed by atoms with E-state index in [-0.39, 0.29) is 30.1 Å². The van der Waals surface area contributed by atoms with Gasteiger partial charge in [-0.15, -0.1) is 0 Å². The molecule has 2 aromatic heterocycles. The van der Waals surface area contributed by atoms with Gasteiger partial charge in [0.05, 0.1) is 11.8 Å². The van der Waals surface area contributed by atoms with E-state index in [9.17, 15) is 24.8 Å². The number of carbonyl (C=O) groups is 1. The van der Waals surface area contributed by atoms with Crippen molar-refractivity contribution in [1.29, 1.82) is 5.26 Å². The van der Waals surface area contributed by atoms with Gasteiger partial charge >= 0.3 is 13.7 Å². The van der Waals surface area contributed by atoms with Gasteiger partial charge in [-0.05, 0) is 50.1 Å². The van der Waals surface area contributed by atoms with Gasteiger partial charge in [0.15, 0.2) is 5.82 Å². The van der Waals surface area contributed by atoms with Gasteiger partial charge in [-0.1, -0.05) is 48.5 Å². The average molecular weight is 649 g/mol. The highest BCUT2D eigenvalue weighted by Gasteiger charge is 2.76. The summed E-state index contributed by atoms with van der Waals surface area (Å²) < 4.78 is 39.5. The quantitative estimate of drug-likeness (QED) is 0.137. The van der Waals surface area contributed by atoms with Crippen LogP contribution >= 0.6 is 7.75 Å². The lowest BCUT2D eigenvalue weighted by Gasteiger charge is -2.26. The van der Waals surface area contributed by atoms with Gasteiger partial charge in [0.2, 0.25) is 5.60 Å². The lowest BCUT2D eigenvalue weighted by molar-refractivity contribution is -0.149. The second-order valence-corrected chi connectivity index (χ2v) is 13.2. The number of hydrogen-bond acceptors (Lipinski definition) is 12. The number of aromatic nitrogens is 3. The molecule has 1 saturated carbocycles. The third-order valence-corrected chi connectivity index (χ3v) is 9.56. The fourth-order valence-electron chi connectivity index (χ4n) is 5.67. The molecule has 6 rings (SSSR count). The first-order valence-electron chi connectivity index (χ1n) is 14.6. The Balaban J connectivity index is 1.31. The smallest absolute Gasteiger partial charge is 0.459 e. The number of hydrogen-bond donors (Lipinski definition) is 4. The molecule has 2 aliphatic rings. The summed E-state index contributed by atoms with van der Waals surface area (Å²) in [5.41, 5.74) is 3.44. The molecule has 7 atom stereocenters. The molecule has 1 spiro atoms. The number of anilines is 1. The maximum absolute atomic E-state index is 14.6. The summed E-state index contributed by atoms with van der Waals surface area (Å²) in [6.45, 7) is 3.39. The zero-order chi connectivity index (χ0) is 32.7. The number of nitrogen functional groups attached to an aromatic ring is 1. The van der Waals surface area contributed by atoms with E-state index in [1.807, 2.05) is 36.4 Å². The van der Waals surface area contributed by atoms with E-state index in [4.69, 9.17) is 24.3 Å². The summed E-state index contributed by atoms with van der Waals surface area (Å²) in [7, 11) is -4.45. The van der Waals surface area contributed by atoms with Crippen LogP contribution in [-0.2, 0) is 35.4 Å². The number of para-hydroxylation sites is 1. The standard InChI is InChI=1S/C31H33N6O8P/c1-19(2)42-29(40)22(15-20-9-5-3-6-10-20)36-46(41,43-21-11-7-4-8-12-21)44-25-16-30(25)26(38)27(39)31(17-32,45-30)24-14-13-23-28(33)34-18-35-37(23)24/h3-14,18-19,22,25-27,38-39H,15-16H2,1-2H3,(H,36,41)(H2,33,34,35)/t22-,25+,26-,27+,30+,31-,46?/m0/s1. The molecular weight excluding hydrogens is 615 g/mol. The van der Waals surface area contributed by atoms with Gasteiger partial charge in [-0.3, -0.25) is 9.32 Å². The van der Waals surface area contributed by atoms with Crippen molar-refractivity contribution >= 4 is 25.1 Å². The second kappa shape index (κ2) is 12.1. The number of carbonyl (C=O) groups excluding carboxylic acids is 1. The molecule has 46 heavy (non-hydrogen) atoms. The van der Waals surface area contributed by atoms with Crippen LogP contribution in [0, 0.1) is 11.3 Å². The Kier molecular flexibility index (Phi) is 8.32. The van der Waals surface area contributed by atoms with Crippen LogP contribution < -0.4 is 15.3 Å². The third kappa shape index (κ3) is 5.73. The molecule has 2 aromatic carbocycles. The number of aliphatic hydroxyl groups excluding tert-OH is 2. The third-order valence-electron chi connectivity index (χ3n) is 7.95. The Morgan fingerprint density at radius 2 is 1.85 bits per heavy atom. The molecule has 15 heteroatoms. The molecule has 1 saturated heterocycles. The van der Waals surface area contributed by atoms with Crippen molar-refractivity contribution in [2.24, 2.45) is 0 Å². The molecular formula is C31H33N6O8P. The Morgan fingerprint density at radius 1 is 1.15 bits per heavy atom. The average Bonchev–Trinajstić information content (AvgIpc) is 3.41. The van der Waals surface area contributed by atoms with Crippen LogP contribution in [0.2, 0.25) is 0 Å². The summed E-state index contributed by atoms with van der Waals surface area (Å²) in [5.74, 6) is -0.363. The second-order valence-electron chi connectivity index (χ2n) is 11.5. The topological polar surface area (TPSA) is 204 Å². The number of benzene rings is 2. The number of rotatable bonds is 11. The van der Waals surface area contributed by atoms with Gasteiger partial charge in [-0.2, -0.15) is 15.4 Å². The van der Waals surface area contributed by atoms with Gasteiger partial charge < -0.3 is 29.9 Å². The van der Waals surface area contributed by atoms with Crippen molar-refractivity contribution < 1.29 is 38.1 Å². The van der Waals surface area contributed by atoms with E-state index < -0.39 is 55.4 Å². The Labute approximate surface area is 264 Å². The van der Waals surface area contributed by atoms with Crippen molar-refractivity contribution in [3.63, 3.8) is 0 Å². The maximum Gasteiger partial charge on any atom is 0.459 e. The first-order valence-corrected chi connectivity index (χ1v) is 16.2. The predicted octanol–water partition coefficient (Wildman–Crippen LogP) is 2.65. The van der Waals surface area contributed by atoms with Crippen molar-refractivity contribution in [2.75, 3.05) is 5.73 Å². The normalized spacial score (nSPS) is 27.3. The van der Waals surface area contributed by atoms with E-state index in [0.717, 1.165) is 5.56 Å². The van der Waals surface area contributed by atoms with E-state index in [0.29, 0.717) is 5.52 Å². The van der Waals surface area contributed by atoms with Gasteiger partial charge in [0.1, 0.15) is 53.6 Å². The summed E-state index contributed by atoms with van der Waals surface area (Å²) >= 11 is 0. The molecule has 14 nitrogen and oxygen atoms in total. The summed E-state index contributed by atoms with van der Waals surface area (Å²) in [6, 6.07) is 21.2. The maximum atomic E-state index is 14.6. The molecule has 0 bridgehead atoms. The molecule has 0 amide bonds. The van der Waals surface area contributed by atoms with Gasteiger partial charge in [0, 0.05) is 6.42 Å². The highest BCUT2D eigenvalue weighted by Crippen LogP contribution is 2.62. The number of esters is 1. The van der Waals surface area contributed by atoms with Gasteiger partial charge in [0.25, 0.3) is 0 Å². The largest absolute Gasteiger partial charge is 0.462 e. The lowest BCUT2D eigenvalue weighted by atomic mass is 9.92. The molecule has 0 radical (unpaired) electrons. The Bertz CT molecular complexity index is 1820. The van der Waals surface area contributed by atoms with Crippen LogP contribution in [0.4, 0.5) is 5.82 Å². The zero-order valence-corrected chi connectivity index (χ0v) is 25.9. The van der Waals surface area contributed by atoms with Crippen LogP contribution in [0.1, 0.15) is 31.5 Å². The summed E-state index contributed by atoms with van der Waals surface area (Å²) in [6.07, 6.45) is -3.75. The first kappa shape index (κ1) is 31.6. The highest BCUT2D eigenvalue weighted by atomic mass is 31.2. The zero-order valence-electron chi connectivity index (χ0n) is 25.0. The van der Waals surface area contributed by atoms with Gasteiger partial charge in [-0.25, -0.2) is 14.1 Å². The number of aliphatic hydroxyl groups is 2. The number of ether oxygens (including phenoxy) is 2. The SMILES string of the molecule is CC(C)OC(=O)[C@H](Cc1ccccc1)NP(=O)(Oc1ccccc1)O[C@@H]1C[C@@]12O[C@@](C#N)(c1ccc3c(N)ncnn13)[C@H](O)[C@@H]2O. The minimum atomic E-state index is -4.45. The number of nitrogens with one attached hydrogen (secondary N) is 1. The molecule has 240 valence electrons. The fraction of sp³-hybridized carbons (Fsp3) is 0.355. The minimum absolute atomic E-state index is 0.0568. The van der Waals surface area contributed by atoms with Crippen LogP contribution in [0.15, 0.2) is 79.1 Å². The molecule has 4 aromatic rings. The van der Waals surface area contributed by atoms with Crippen LogP contribution in [0.3, 0.4) is 0 Å². The van der Waals surface area contributed by atoms with E-state index >= 15 is 0 Å². The highest BCUT2D eigenvalue weighted by molar-refractivity contribution is 7.52. The van der Waals surface area contributed by atoms with Crippen LogP contribution in [-0.4, -0.2) is 66.8 Å². The number of fused-ring (bicyclic) bond motifs is 1. The fourth-order valence-corrected chi connectivity index (χ4v) is 7.39. The first-order chi connectivity index (χ1) is 22.0. The van der Waals surface area contributed by atoms with Crippen molar-refractivity contribution in [2.45, 2.75) is 68.3 Å². The molecule has 3 heterocycles. The Morgan fingerprint density at radius 3 is 2.52 bits per heavy atom. The number of nitrogens with two attached hydrogens (primary N) is 1. The van der Waals surface area contributed by atoms with E-state index in [1.165, 1.54) is 16.9 Å². The summed E-state index contributed by atoms with van der Waals surface area (Å²) in [4.78, 5) is 17.2. The monoisotopic (exact) mass is 648 g/mol. The molecule has 5 N–H and O–H groups in total. The summed E-state index contributed by atoms with van der Waals surface area (Å²) in [5, 5.41) is 39.9. The molecule has 1 aliphatic heterocycles. The van der Waals surface area contributed by atoms with Crippen LogP contribution in [0.25, 0.3) is 5.52 Å². The molecule has 1 unspecified atom stereocenters. The minimum Gasteiger partial charge on any atom is -0.462 e. The van der Waals surface area contributed by atoms with Crippen molar-refractivity contribution in [3.05, 3.63) is 90.4 Å². The molecule has 1 aliphatic carbocycles. The van der Waals surface area contributed by atoms with Crippen molar-refractivity contribution in [3.8, 4) is 11.8 Å². The van der Waals surface area contributed by atoms with E-state index in [2.05, 4.69) is 15.2 Å². The van der Waals surface area contributed by atoms with E-state index in [1.54, 1.807) is 50.2 Å². The van der Waals surface area contributed by atoms with Crippen molar-refractivity contribution in [1.82, 2.24) is 19.7 Å². The Hall–Kier alpha value is -4.35. The predicted molar refractivity (Wildman–Crippen MR) is 163 cm³/mol. The number of nitriles is 1. The lowest BCUT2D eigenvalue weighted by Crippen LogP contribution is -2.41.